The van der Waals surface area contributed by atoms with Crippen molar-refractivity contribution in [3.8, 4) is 5.75 Å². The van der Waals surface area contributed by atoms with Crippen LogP contribution in [0.1, 0.15) is 50.9 Å². The number of aromatic hydroxyl groups is 1. The number of pyridine rings is 1. The van der Waals surface area contributed by atoms with Gasteiger partial charge in [0.15, 0.2) is 0 Å². The lowest BCUT2D eigenvalue weighted by molar-refractivity contribution is 0.0879. The van der Waals surface area contributed by atoms with E-state index in [2.05, 4.69) is 27.3 Å². The summed E-state index contributed by atoms with van der Waals surface area (Å²) in [5.41, 5.74) is 3.96. The molecule has 1 aliphatic heterocycles. The molecule has 2 atom stereocenters. The average Bonchev–Trinajstić information content (AvgIpc) is 3.31. The number of piperidine rings is 1. The number of aromatic nitrogens is 1. The molecule has 0 saturated carbocycles. The van der Waals surface area contributed by atoms with Crippen LogP contribution in [0.4, 0.5) is 0 Å². The number of carbonyl (C=O) groups excluding carboxylic acids is 1. The second-order valence-electron chi connectivity index (χ2n) is 8.40. The molecular weight excluding hydrogens is 406 g/mol. The minimum atomic E-state index is -0.123. The molecule has 6 heteroatoms. The van der Waals surface area contributed by atoms with Crippen LogP contribution >= 0.6 is 11.3 Å². The first kappa shape index (κ1) is 21.5. The van der Waals surface area contributed by atoms with E-state index in [0.717, 1.165) is 54.2 Å². The standard InChI is InChI=1S/C25H29N3O2S/c1-17-13-19(14-18(2)24(17)29)15-28-11-5-7-20(16-28)23(21-8-3-4-10-26-21)27-25(30)22-9-6-12-31-22/h3-4,6,8-10,12-14,20,23,29H,5,7,11,15-16H2,1-2H3,(H,27,30)/t20-,23+/m0/s1. The zero-order valence-corrected chi connectivity index (χ0v) is 18.9. The average molecular weight is 436 g/mol. The maximum atomic E-state index is 12.8. The molecule has 162 valence electrons. The fourth-order valence-corrected chi connectivity index (χ4v) is 5.14. The third-order valence-corrected chi connectivity index (χ3v) is 6.88. The number of hydrogen-bond donors (Lipinski definition) is 2. The zero-order valence-electron chi connectivity index (χ0n) is 18.0. The number of rotatable bonds is 6. The van der Waals surface area contributed by atoms with Gasteiger partial charge in [-0.3, -0.25) is 14.7 Å². The van der Waals surface area contributed by atoms with Gasteiger partial charge in [0.1, 0.15) is 5.75 Å². The Morgan fingerprint density at radius 2 is 2.06 bits per heavy atom. The van der Waals surface area contributed by atoms with Crippen LogP contribution in [0.2, 0.25) is 0 Å². The number of thiophene rings is 1. The summed E-state index contributed by atoms with van der Waals surface area (Å²) in [6, 6.07) is 13.7. The van der Waals surface area contributed by atoms with Crippen LogP contribution in [0.5, 0.6) is 5.75 Å². The van der Waals surface area contributed by atoms with E-state index in [1.54, 1.807) is 6.20 Å². The molecule has 0 unspecified atom stereocenters. The highest BCUT2D eigenvalue weighted by Crippen LogP contribution is 2.31. The third kappa shape index (κ3) is 5.14. The van der Waals surface area contributed by atoms with Gasteiger partial charge in [0.2, 0.25) is 0 Å². The second-order valence-corrected chi connectivity index (χ2v) is 9.35. The Morgan fingerprint density at radius 3 is 2.74 bits per heavy atom. The minimum absolute atomic E-state index is 0.0347. The Bertz CT molecular complexity index is 998. The molecule has 4 rings (SSSR count). The van der Waals surface area contributed by atoms with Crippen molar-refractivity contribution in [3.63, 3.8) is 0 Å². The molecule has 2 N–H and O–H groups in total. The van der Waals surface area contributed by atoms with Gasteiger partial charge in [-0.2, -0.15) is 0 Å². The van der Waals surface area contributed by atoms with E-state index in [1.165, 1.54) is 16.9 Å². The first-order valence-corrected chi connectivity index (χ1v) is 11.7. The van der Waals surface area contributed by atoms with Gasteiger partial charge in [-0.1, -0.05) is 24.3 Å². The fraction of sp³-hybridized carbons (Fsp3) is 0.360. The zero-order chi connectivity index (χ0) is 21.8. The van der Waals surface area contributed by atoms with E-state index in [1.807, 2.05) is 49.6 Å². The highest BCUT2D eigenvalue weighted by molar-refractivity contribution is 7.12. The number of benzene rings is 1. The summed E-state index contributed by atoms with van der Waals surface area (Å²) in [6.07, 6.45) is 3.93. The Hall–Kier alpha value is -2.70. The Morgan fingerprint density at radius 1 is 1.26 bits per heavy atom. The smallest absolute Gasteiger partial charge is 0.261 e. The first-order chi connectivity index (χ1) is 15.0. The minimum Gasteiger partial charge on any atom is -0.507 e. The molecule has 0 bridgehead atoms. The molecule has 2 aromatic heterocycles. The maximum absolute atomic E-state index is 12.8. The largest absolute Gasteiger partial charge is 0.507 e. The lowest BCUT2D eigenvalue weighted by Gasteiger charge is -2.37. The third-order valence-electron chi connectivity index (χ3n) is 6.01. The van der Waals surface area contributed by atoms with Crippen LogP contribution in [-0.2, 0) is 6.54 Å². The lowest BCUT2D eigenvalue weighted by Crippen LogP contribution is -2.43. The predicted octanol–water partition coefficient (Wildman–Crippen LogP) is 4.85. The molecule has 0 aliphatic carbocycles. The van der Waals surface area contributed by atoms with Crippen molar-refractivity contribution >= 4 is 17.2 Å². The molecule has 3 aromatic rings. The molecular formula is C25H29N3O2S. The van der Waals surface area contributed by atoms with Gasteiger partial charge in [0.05, 0.1) is 16.6 Å². The summed E-state index contributed by atoms with van der Waals surface area (Å²) in [5, 5.41) is 15.3. The Balaban J connectivity index is 1.52. The SMILES string of the molecule is Cc1cc(CN2CCC[C@H]([C@@H](NC(=O)c3cccs3)c3ccccn3)C2)cc(C)c1O. The van der Waals surface area contributed by atoms with E-state index in [4.69, 9.17) is 0 Å². The van der Waals surface area contributed by atoms with Gasteiger partial charge in [-0.25, -0.2) is 0 Å². The molecule has 0 spiro atoms. The van der Waals surface area contributed by atoms with Crippen molar-refractivity contribution in [3.05, 3.63) is 81.3 Å². The maximum Gasteiger partial charge on any atom is 0.261 e. The van der Waals surface area contributed by atoms with Crippen molar-refractivity contribution in [2.45, 2.75) is 39.3 Å². The number of nitrogens with one attached hydrogen (secondary N) is 1. The van der Waals surface area contributed by atoms with Crippen molar-refractivity contribution in [1.29, 1.82) is 0 Å². The number of carbonyl (C=O) groups is 1. The molecule has 1 aliphatic rings. The van der Waals surface area contributed by atoms with Crippen molar-refractivity contribution in [1.82, 2.24) is 15.2 Å². The summed E-state index contributed by atoms with van der Waals surface area (Å²) < 4.78 is 0. The molecule has 31 heavy (non-hydrogen) atoms. The molecule has 1 amide bonds. The number of amides is 1. The van der Waals surface area contributed by atoms with Crippen LogP contribution in [0.3, 0.4) is 0 Å². The molecule has 1 aromatic carbocycles. The summed E-state index contributed by atoms with van der Waals surface area (Å²) in [6.45, 7) is 6.66. The van der Waals surface area contributed by atoms with Crippen molar-refractivity contribution < 1.29 is 9.90 Å². The van der Waals surface area contributed by atoms with Crippen LogP contribution in [-0.4, -0.2) is 34.0 Å². The van der Waals surface area contributed by atoms with Gasteiger partial charge in [-0.05, 0) is 79.4 Å². The van der Waals surface area contributed by atoms with E-state index in [0.29, 0.717) is 5.75 Å². The van der Waals surface area contributed by atoms with E-state index in [-0.39, 0.29) is 17.9 Å². The molecule has 1 saturated heterocycles. The number of hydrogen-bond acceptors (Lipinski definition) is 5. The van der Waals surface area contributed by atoms with Gasteiger partial charge in [0, 0.05) is 19.3 Å². The highest BCUT2D eigenvalue weighted by atomic mass is 32.1. The van der Waals surface area contributed by atoms with Gasteiger partial charge in [0.25, 0.3) is 5.91 Å². The second kappa shape index (κ2) is 9.62. The normalized spacial score (nSPS) is 17.9. The summed E-state index contributed by atoms with van der Waals surface area (Å²) >= 11 is 1.46. The monoisotopic (exact) mass is 435 g/mol. The van der Waals surface area contributed by atoms with E-state index in [9.17, 15) is 9.90 Å². The number of aryl methyl sites for hydroxylation is 2. The van der Waals surface area contributed by atoms with Gasteiger partial charge < -0.3 is 10.4 Å². The van der Waals surface area contributed by atoms with Crippen molar-refractivity contribution in [2.75, 3.05) is 13.1 Å². The molecule has 0 radical (unpaired) electrons. The molecule has 1 fully saturated rings. The predicted molar refractivity (Wildman–Crippen MR) is 124 cm³/mol. The number of phenolic OH excluding ortho intramolecular Hbond substituents is 1. The van der Waals surface area contributed by atoms with Crippen molar-refractivity contribution in [2.24, 2.45) is 5.92 Å². The quantitative estimate of drug-likeness (QED) is 0.581. The summed E-state index contributed by atoms with van der Waals surface area (Å²) in [5.74, 6) is 0.631. The van der Waals surface area contributed by atoms with Crippen LogP contribution < -0.4 is 5.32 Å². The number of phenols is 1. The van der Waals surface area contributed by atoms with E-state index < -0.39 is 0 Å². The van der Waals surface area contributed by atoms with Crippen LogP contribution in [0.15, 0.2) is 54.0 Å². The number of nitrogens with zero attached hydrogens (tertiary/aromatic N) is 2. The Kier molecular flexibility index (Phi) is 6.68. The summed E-state index contributed by atoms with van der Waals surface area (Å²) in [4.78, 5) is 20.6. The lowest BCUT2D eigenvalue weighted by atomic mass is 9.88. The van der Waals surface area contributed by atoms with Gasteiger partial charge >= 0.3 is 0 Å². The first-order valence-electron chi connectivity index (χ1n) is 10.8. The van der Waals surface area contributed by atoms with Crippen LogP contribution in [0.25, 0.3) is 0 Å². The molecule has 5 nitrogen and oxygen atoms in total. The topological polar surface area (TPSA) is 65.5 Å². The summed E-state index contributed by atoms with van der Waals surface area (Å²) in [7, 11) is 0. The van der Waals surface area contributed by atoms with Gasteiger partial charge in [-0.15, -0.1) is 11.3 Å². The Labute approximate surface area is 187 Å². The van der Waals surface area contributed by atoms with Crippen LogP contribution in [0, 0.1) is 19.8 Å². The fourth-order valence-electron chi connectivity index (χ4n) is 4.52. The molecule has 3 heterocycles. The van der Waals surface area contributed by atoms with E-state index >= 15 is 0 Å². The highest BCUT2D eigenvalue weighted by Gasteiger charge is 2.31. The number of likely N-dealkylation sites (tertiary alicyclic amines) is 1.